The average Bonchev–Trinajstić information content (AvgIpc) is 2.67. The number of nitrogens with two attached hydrogens (primary N) is 1. The maximum absolute atomic E-state index is 12.0. The van der Waals surface area contributed by atoms with Crippen LogP contribution in [0.3, 0.4) is 0 Å². The second-order valence-electron chi connectivity index (χ2n) is 5.93. The highest BCUT2D eigenvalue weighted by atomic mass is 16.6. The topological polar surface area (TPSA) is 93.9 Å². The van der Waals surface area contributed by atoms with E-state index in [1.807, 2.05) is 65.6 Å². The number of amides is 3. The van der Waals surface area contributed by atoms with Gasteiger partial charge in [-0.15, -0.1) is 0 Å². The third-order valence-electron chi connectivity index (χ3n) is 3.92. The molecule has 1 aliphatic heterocycles. The minimum atomic E-state index is -0.873. The number of hydrogen-bond acceptors (Lipinski definition) is 5. The molecule has 0 atom stereocenters. The largest absolute Gasteiger partial charge is 0.486 e. The number of nitrogens with one attached hydrogen (secondary N) is 1. The summed E-state index contributed by atoms with van der Waals surface area (Å²) in [6.07, 6.45) is 3.92. The van der Waals surface area contributed by atoms with E-state index in [2.05, 4.69) is 5.32 Å². The van der Waals surface area contributed by atoms with Gasteiger partial charge in [-0.3, -0.25) is 10.1 Å². The molecule has 0 bridgehead atoms. The molecular weight excluding hydrogens is 346 g/mol. The Balaban J connectivity index is 1.77. The Morgan fingerprint density at radius 2 is 1.81 bits per heavy atom. The first kappa shape index (κ1) is 18.3. The van der Waals surface area contributed by atoms with Gasteiger partial charge in [-0.1, -0.05) is 42.5 Å². The highest BCUT2D eigenvalue weighted by Gasteiger charge is 2.16. The van der Waals surface area contributed by atoms with Gasteiger partial charge in [-0.25, -0.2) is 4.79 Å². The maximum Gasteiger partial charge on any atom is 0.318 e. The summed E-state index contributed by atoms with van der Waals surface area (Å²) >= 11 is 0. The summed E-state index contributed by atoms with van der Waals surface area (Å²) in [7, 11) is 0. The number of nitrogens with zero attached hydrogens (tertiary/aromatic N) is 1. The highest BCUT2D eigenvalue weighted by molar-refractivity contribution is 5.95. The number of fused-ring (bicyclic) bond motifs is 1. The first-order valence-corrected chi connectivity index (χ1v) is 8.57. The summed E-state index contributed by atoms with van der Waals surface area (Å²) < 4.78 is 11.1. The molecule has 0 fully saturated rings. The number of carbonyl (C=O) groups excluding carboxylic acids is 2. The molecule has 0 saturated heterocycles. The minimum absolute atomic E-state index is 0.0261. The van der Waals surface area contributed by atoms with Gasteiger partial charge >= 0.3 is 6.03 Å². The molecule has 1 heterocycles. The van der Waals surface area contributed by atoms with E-state index in [9.17, 15) is 9.59 Å². The summed E-state index contributed by atoms with van der Waals surface area (Å²) in [5.41, 5.74) is 6.87. The quantitative estimate of drug-likeness (QED) is 0.816. The van der Waals surface area contributed by atoms with Crippen LogP contribution in [0, 0.1) is 0 Å². The molecular formula is C20H21N3O4. The van der Waals surface area contributed by atoms with Crippen molar-refractivity contribution in [2.75, 3.05) is 31.2 Å². The predicted molar refractivity (Wildman–Crippen MR) is 103 cm³/mol. The number of primary amides is 1. The van der Waals surface area contributed by atoms with E-state index >= 15 is 0 Å². The van der Waals surface area contributed by atoms with Gasteiger partial charge < -0.3 is 20.1 Å². The molecule has 7 heteroatoms. The Kier molecular flexibility index (Phi) is 5.94. The first-order chi connectivity index (χ1) is 13.1. The fourth-order valence-corrected chi connectivity index (χ4v) is 2.72. The predicted octanol–water partition coefficient (Wildman–Crippen LogP) is 2.17. The Morgan fingerprint density at radius 1 is 1.07 bits per heavy atom. The van der Waals surface area contributed by atoms with Crippen LogP contribution >= 0.6 is 0 Å². The van der Waals surface area contributed by atoms with Crippen molar-refractivity contribution in [1.29, 1.82) is 0 Å². The average molecular weight is 367 g/mol. The molecule has 7 nitrogen and oxygen atoms in total. The summed E-state index contributed by atoms with van der Waals surface area (Å²) in [6.45, 7) is 1.42. The molecule has 140 valence electrons. The third kappa shape index (κ3) is 5.24. The number of hydrogen-bond donors (Lipinski definition) is 2. The van der Waals surface area contributed by atoms with Crippen molar-refractivity contribution in [3.63, 3.8) is 0 Å². The summed E-state index contributed by atoms with van der Waals surface area (Å²) in [5.74, 6) is 0.822. The maximum atomic E-state index is 12.0. The van der Waals surface area contributed by atoms with Gasteiger partial charge in [-0.05, 0) is 17.7 Å². The molecule has 3 rings (SSSR count). The summed E-state index contributed by atoms with van der Waals surface area (Å²) in [5, 5.41) is 2.09. The molecule has 27 heavy (non-hydrogen) atoms. The zero-order valence-electron chi connectivity index (χ0n) is 14.8. The van der Waals surface area contributed by atoms with Gasteiger partial charge in [-0.2, -0.15) is 0 Å². The molecule has 2 aromatic rings. The monoisotopic (exact) mass is 367 g/mol. The van der Waals surface area contributed by atoms with Crippen molar-refractivity contribution in [1.82, 2.24) is 5.32 Å². The van der Waals surface area contributed by atoms with Gasteiger partial charge in [0.25, 0.3) is 0 Å². The molecule has 0 radical (unpaired) electrons. The van der Waals surface area contributed by atoms with E-state index in [0.717, 1.165) is 11.3 Å². The summed E-state index contributed by atoms with van der Waals surface area (Å²) in [4.78, 5) is 24.8. The van der Waals surface area contributed by atoms with E-state index in [4.69, 9.17) is 15.2 Å². The van der Waals surface area contributed by atoms with Gasteiger partial charge in [0.15, 0.2) is 11.5 Å². The Hall–Kier alpha value is -3.48. The number of urea groups is 1. The number of ether oxygens (including phenoxy) is 2. The molecule has 0 spiro atoms. The van der Waals surface area contributed by atoms with Crippen LogP contribution in [0.25, 0.3) is 6.08 Å². The standard InChI is InChI=1S/C20H21N3O4/c21-20(25)22-19(24)14-23(10-4-7-15-5-2-1-3-6-15)16-8-9-17-18(13-16)27-12-11-26-17/h1-9,13H,10-12,14H2,(H3,21,22,24,25)/b7-4+. The van der Waals surface area contributed by atoms with E-state index in [-0.39, 0.29) is 6.54 Å². The van der Waals surface area contributed by atoms with Gasteiger partial charge in [0.1, 0.15) is 13.2 Å². The van der Waals surface area contributed by atoms with E-state index in [1.54, 1.807) is 0 Å². The van der Waals surface area contributed by atoms with Crippen molar-refractivity contribution in [2.45, 2.75) is 0 Å². The van der Waals surface area contributed by atoms with Crippen LogP contribution in [0.1, 0.15) is 5.56 Å². The van der Waals surface area contributed by atoms with Crippen molar-refractivity contribution >= 4 is 23.7 Å². The zero-order chi connectivity index (χ0) is 19.1. The molecule has 0 saturated carbocycles. The lowest BCUT2D eigenvalue weighted by Crippen LogP contribution is -2.42. The molecule has 3 N–H and O–H groups in total. The third-order valence-corrected chi connectivity index (χ3v) is 3.92. The number of rotatable bonds is 6. The summed E-state index contributed by atoms with van der Waals surface area (Å²) in [6, 6.07) is 14.5. The fourth-order valence-electron chi connectivity index (χ4n) is 2.72. The van der Waals surface area contributed by atoms with Gasteiger partial charge in [0, 0.05) is 18.3 Å². The number of anilines is 1. The molecule has 1 aliphatic rings. The molecule has 2 aromatic carbocycles. The molecule has 0 unspecified atom stereocenters. The zero-order valence-corrected chi connectivity index (χ0v) is 14.8. The smallest absolute Gasteiger partial charge is 0.318 e. The van der Waals surface area contributed by atoms with Crippen LogP contribution in [-0.4, -0.2) is 38.2 Å². The second-order valence-corrected chi connectivity index (χ2v) is 5.93. The lowest BCUT2D eigenvalue weighted by molar-refractivity contribution is -0.118. The Morgan fingerprint density at radius 3 is 2.56 bits per heavy atom. The molecule has 0 aliphatic carbocycles. The lowest BCUT2D eigenvalue weighted by Gasteiger charge is -2.25. The van der Waals surface area contributed by atoms with Crippen LogP contribution in [-0.2, 0) is 4.79 Å². The van der Waals surface area contributed by atoms with Crippen molar-refractivity contribution in [3.8, 4) is 11.5 Å². The van der Waals surface area contributed by atoms with Crippen LogP contribution in [0.4, 0.5) is 10.5 Å². The Bertz CT molecular complexity index is 836. The van der Waals surface area contributed by atoms with Crippen LogP contribution < -0.4 is 25.4 Å². The van der Waals surface area contributed by atoms with Crippen LogP contribution in [0.2, 0.25) is 0 Å². The number of carbonyl (C=O) groups is 2. The second kappa shape index (κ2) is 8.75. The first-order valence-electron chi connectivity index (χ1n) is 8.57. The van der Waals surface area contributed by atoms with Crippen molar-refractivity contribution < 1.29 is 19.1 Å². The fraction of sp³-hybridized carbons (Fsp3) is 0.200. The van der Waals surface area contributed by atoms with E-state index in [0.29, 0.717) is 31.3 Å². The minimum Gasteiger partial charge on any atom is -0.486 e. The van der Waals surface area contributed by atoms with Crippen LogP contribution in [0.15, 0.2) is 54.6 Å². The van der Waals surface area contributed by atoms with Gasteiger partial charge in [0.05, 0.1) is 6.54 Å². The normalized spacial score (nSPS) is 12.6. The molecule has 3 amide bonds. The number of imide groups is 1. The Labute approximate surface area is 157 Å². The van der Waals surface area contributed by atoms with Crippen molar-refractivity contribution in [3.05, 3.63) is 60.2 Å². The van der Waals surface area contributed by atoms with E-state index < -0.39 is 11.9 Å². The lowest BCUT2D eigenvalue weighted by atomic mass is 10.2. The highest BCUT2D eigenvalue weighted by Crippen LogP contribution is 2.34. The number of benzene rings is 2. The van der Waals surface area contributed by atoms with Crippen LogP contribution in [0.5, 0.6) is 11.5 Å². The molecule has 0 aromatic heterocycles. The SMILES string of the molecule is NC(=O)NC(=O)CN(C/C=C/c1ccccc1)c1ccc2c(c1)OCCO2. The van der Waals surface area contributed by atoms with Gasteiger partial charge in [0.2, 0.25) is 5.91 Å². The van der Waals surface area contributed by atoms with E-state index in [1.165, 1.54) is 0 Å². The van der Waals surface area contributed by atoms with Crippen molar-refractivity contribution in [2.24, 2.45) is 5.73 Å².